The normalized spacial score (nSPS) is 12.7. The third kappa shape index (κ3) is 3.21. The van der Waals surface area contributed by atoms with Crippen LogP contribution in [0.4, 0.5) is 5.82 Å². The number of hydrogen-bond acceptors (Lipinski definition) is 5. The zero-order valence-corrected chi connectivity index (χ0v) is 13.1. The van der Waals surface area contributed by atoms with Crippen LogP contribution in [0.5, 0.6) is 0 Å². The molecule has 0 amide bonds. The molecule has 0 bridgehead atoms. The van der Waals surface area contributed by atoms with Crippen LogP contribution in [-0.4, -0.2) is 25.3 Å². The van der Waals surface area contributed by atoms with E-state index in [-0.39, 0.29) is 6.04 Å². The van der Waals surface area contributed by atoms with Gasteiger partial charge in [0.25, 0.3) is 0 Å². The molecule has 0 aliphatic carbocycles. The van der Waals surface area contributed by atoms with Gasteiger partial charge in [-0.15, -0.1) is 14.8 Å². The molecule has 0 saturated carbocycles. The Morgan fingerprint density at radius 2 is 1.82 bits per heavy atom. The van der Waals surface area contributed by atoms with Crippen molar-refractivity contribution in [2.24, 2.45) is 5.92 Å². The summed E-state index contributed by atoms with van der Waals surface area (Å²) in [7, 11) is 0. The van der Waals surface area contributed by atoms with Gasteiger partial charge in [-0.05, 0) is 52.9 Å². The second-order valence-electron chi connectivity index (χ2n) is 5.95. The van der Waals surface area contributed by atoms with E-state index in [2.05, 4.69) is 71.0 Å². The maximum absolute atomic E-state index is 4.33. The van der Waals surface area contributed by atoms with Crippen LogP contribution in [0.15, 0.2) is 36.4 Å². The lowest BCUT2D eigenvalue weighted by atomic mass is 10.00. The van der Waals surface area contributed by atoms with Gasteiger partial charge in [0.2, 0.25) is 0 Å². The Morgan fingerprint density at radius 3 is 2.55 bits per heavy atom. The number of tetrazole rings is 1. The Kier molecular flexibility index (Phi) is 4.00. The lowest BCUT2D eigenvalue weighted by Gasteiger charge is -2.15. The molecule has 0 aliphatic rings. The van der Waals surface area contributed by atoms with Crippen LogP contribution in [-0.2, 0) is 6.42 Å². The van der Waals surface area contributed by atoms with Gasteiger partial charge in [-0.1, -0.05) is 38.1 Å². The summed E-state index contributed by atoms with van der Waals surface area (Å²) in [6, 6.07) is 12.6. The summed E-state index contributed by atoms with van der Waals surface area (Å²) in [5.74, 6) is 1.42. The zero-order chi connectivity index (χ0) is 15.5. The van der Waals surface area contributed by atoms with Crippen molar-refractivity contribution in [3.8, 4) is 0 Å². The largest absolute Gasteiger partial charge is 0.362 e. The number of anilines is 1. The number of nitrogens with one attached hydrogen (secondary N) is 1. The van der Waals surface area contributed by atoms with Crippen LogP contribution in [0.1, 0.15) is 37.9 Å². The van der Waals surface area contributed by atoms with Gasteiger partial charge in [-0.3, -0.25) is 0 Å². The summed E-state index contributed by atoms with van der Waals surface area (Å²) >= 11 is 0. The number of hydrogen-bond donors (Lipinski definition) is 1. The van der Waals surface area contributed by atoms with E-state index in [0.29, 0.717) is 11.6 Å². The fraction of sp³-hybridized carbons (Fsp3) is 0.375. The van der Waals surface area contributed by atoms with Crippen molar-refractivity contribution < 1.29 is 0 Å². The molecule has 2 heterocycles. The molecule has 114 valence electrons. The van der Waals surface area contributed by atoms with Crippen molar-refractivity contribution in [1.82, 2.24) is 25.3 Å². The van der Waals surface area contributed by atoms with Crippen molar-refractivity contribution >= 4 is 11.5 Å². The summed E-state index contributed by atoms with van der Waals surface area (Å²) in [4.78, 5) is 0. The molecule has 1 atom stereocenters. The molecule has 0 aliphatic heterocycles. The average Bonchev–Trinajstić information content (AvgIpc) is 2.95. The van der Waals surface area contributed by atoms with Gasteiger partial charge >= 0.3 is 0 Å². The molecule has 3 rings (SSSR count). The third-order valence-corrected chi connectivity index (χ3v) is 3.56. The molecular formula is C16H20N6. The summed E-state index contributed by atoms with van der Waals surface area (Å²) < 4.78 is 1.42. The minimum absolute atomic E-state index is 0.162. The topological polar surface area (TPSA) is 68.0 Å². The van der Waals surface area contributed by atoms with E-state index in [1.165, 1.54) is 15.8 Å². The maximum atomic E-state index is 4.33. The highest BCUT2D eigenvalue weighted by Gasteiger charge is 2.08. The molecule has 1 N–H and O–H groups in total. The standard InChI is InChI=1S/C16H20N6/c1-11(2)10-13-4-6-14(7-5-13)12(3)17-15-8-9-16-18-20-21-22(16)19-15/h4-9,11-12H,10H2,1-3H3,(H,17,19). The van der Waals surface area contributed by atoms with Crippen molar-refractivity contribution in [2.75, 3.05) is 5.32 Å². The molecular weight excluding hydrogens is 276 g/mol. The molecule has 1 aromatic carbocycles. The van der Waals surface area contributed by atoms with Crippen LogP contribution in [0.2, 0.25) is 0 Å². The maximum Gasteiger partial charge on any atom is 0.200 e. The molecule has 0 fully saturated rings. The minimum atomic E-state index is 0.162. The molecule has 6 heteroatoms. The molecule has 3 aromatic rings. The Labute approximate surface area is 129 Å². The summed E-state index contributed by atoms with van der Waals surface area (Å²) in [6.07, 6.45) is 1.11. The van der Waals surface area contributed by atoms with Gasteiger partial charge in [-0.2, -0.15) is 0 Å². The van der Waals surface area contributed by atoms with E-state index >= 15 is 0 Å². The predicted octanol–water partition coefficient (Wildman–Crippen LogP) is 2.89. The number of fused-ring (bicyclic) bond motifs is 1. The van der Waals surface area contributed by atoms with Crippen molar-refractivity contribution in [1.29, 1.82) is 0 Å². The van der Waals surface area contributed by atoms with E-state index in [1.54, 1.807) is 0 Å². The second kappa shape index (κ2) is 6.09. The molecule has 0 spiro atoms. The minimum Gasteiger partial charge on any atom is -0.362 e. The van der Waals surface area contributed by atoms with Crippen LogP contribution < -0.4 is 5.32 Å². The lowest BCUT2D eigenvalue weighted by Crippen LogP contribution is -2.10. The first-order valence-corrected chi connectivity index (χ1v) is 7.52. The highest BCUT2D eigenvalue weighted by Crippen LogP contribution is 2.19. The Morgan fingerprint density at radius 1 is 1.05 bits per heavy atom. The second-order valence-corrected chi connectivity index (χ2v) is 5.95. The van der Waals surface area contributed by atoms with E-state index in [9.17, 15) is 0 Å². The first kappa shape index (κ1) is 14.4. The van der Waals surface area contributed by atoms with Gasteiger partial charge in [0, 0.05) is 6.04 Å². The molecule has 0 radical (unpaired) electrons. The first-order chi connectivity index (χ1) is 10.6. The Bertz CT molecular complexity index is 747. The number of aromatic nitrogens is 5. The van der Waals surface area contributed by atoms with Gasteiger partial charge in [0.05, 0.1) is 0 Å². The highest BCUT2D eigenvalue weighted by atomic mass is 15.6. The Hall–Kier alpha value is -2.50. The smallest absolute Gasteiger partial charge is 0.200 e. The van der Waals surface area contributed by atoms with E-state index < -0.39 is 0 Å². The van der Waals surface area contributed by atoms with Crippen LogP contribution >= 0.6 is 0 Å². The fourth-order valence-electron chi connectivity index (χ4n) is 2.45. The number of benzene rings is 1. The van der Waals surface area contributed by atoms with Gasteiger partial charge < -0.3 is 5.32 Å². The zero-order valence-electron chi connectivity index (χ0n) is 13.1. The van der Waals surface area contributed by atoms with Crippen LogP contribution in [0.25, 0.3) is 5.65 Å². The average molecular weight is 296 g/mol. The number of rotatable bonds is 5. The number of nitrogens with zero attached hydrogens (tertiary/aromatic N) is 5. The quantitative estimate of drug-likeness (QED) is 0.784. The van der Waals surface area contributed by atoms with Gasteiger partial charge in [-0.25, -0.2) is 0 Å². The van der Waals surface area contributed by atoms with Crippen LogP contribution in [0.3, 0.4) is 0 Å². The summed E-state index contributed by atoms with van der Waals surface area (Å²) in [5.41, 5.74) is 3.24. The molecule has 22 heavy (non-hydrogen) atoms. The van der Waals surface area contributed by atoms with E-state index in [4.69, 9.17) is 0 Å². The lowest BCUT2D eigenvalue weighted by molar-refractivity contribution is 0.647. The van der Waals surface area contributed by atoms with Gasteiger partial charge in [0.1, 0.15) is 5.82 Å². The van der Waals surface area contributed by atoms with E-state index in [1.807, 2.05) is 12.1 Å². The molecule has 2 aromatic heterocycles. The van der Waals surface area contributed by atoms with Gasteiger partial charge in [0.15, 0.2) is 5.65 Å². The molecule has 1 unspecified atom stereocenters. The van der Waals surface area contributed by atoms with Crippen molar-refractivity contribution in [3.63, 3.8) is 0 Å². The van der Waals surface area contributed by atoms with Crippen molar-refractivity contribution in [2.45, 2.75) is 33.2 Å². The highest BCUT2D eigenvalue weighted by molar-refractivity contribution is 5.43. The van der Waals surface area contributed by atoms with Crippen LogP contribution in [0, 0.1) is 5.92 Å². The Balaban J connectivity index is 1.71. The van der Waals surface area contributed by atoms with Crippen molar-refractivity contribution in [3.05, 3.63) is 47.5 Å². The monoisotopic (exact) mass is 296 g/mol. The molecule has 6 nitrogen and oxygen atoms in total. The third-order valence-electron chi connectivity index (χ3n) is 3.56. The SMILES string of the molecule is CC(C)Cc1ccc(C(C)Nc2ccc3nnnn3n2)cc1. The molecule has 0 saturated heterocycles. The fourth-order valence-corrected chi connectivity index (χ4v) is 2.45. The first-order valence-electron chi connectivity index (χ1n) is 7.52. The summed E-state index contributed by atoms with van der Waals surface area (Å²) in [5, 5.41) is 18.9. The summed E-state index contributed by atoms with van der Waals surface area (Å²) in [6.45, 7) is 6.58. The predicted molar refractivity (Wildman–Crippen MR) is 85.6 cm³/mol. The van der Waals surface area contributed by atoms with E-state index in [0.717, 1.165) is 12.2 Å².